The van der Waals surface area contributed by atoms with Crippen molar-refractivity contribution >= 4 is 22.8 Å². The molecule has 11 heteroatoms. The molecule has 0 bridgehead atoms. The van der Waals surface area contributed by atoms with E-state index >= 15 is 0 Å². The third-order valence-corrected chi connectivity index (χ3v) is 6.09. The van der Waals surface area contributed by atoms with Crippen molar-refractivity contribution in [2.75, 3.05) is 30.3 Å². The van der Waals surface area contributed by atoms with Crippen molar-refractivity contribution in [3.05, 3.63) is 41.1 Å². The molecule has 4 rings (SSSR count). The zero-order valence-corrected chi connectivity index (χ0v) is 19.2. The molecule has 3 aromatic rings. The summed E-state index contributed by atoms with van der Waals surface area (Å²) in [4.78, 5) is 10.4. The lowest BCUT2D eigenvalue weighted by Gasteiger charge is -2.32. The Hall–Kier alpha value is -2.89. The van der Waals surface area contributed by atoms with Crippen LogP contribution in [0, 0.1) is 11.6 Å². The summed E-state index contributed by atoms with van der Waals surface area (Å²) in [5, 5.41) is 26.5. The number of anilines is 2. The van der Waals surface area contributed by atoms with Gasteiger partial charge in [0.15, 0.2) is 11.3 Å². The molecule has 2 heterocycles. The Morgan fingerprint density at radius 3 is 2.59 bits per heavy atom. The Bertz CT molecular complexity index is 1110. The fraction of sp³-hybridized carbons (Fsp3) is 0.522. The van der Waals surface area contributed by atoms with Crippen LogP contribution in [0.15, 0.2) is 18.3 Å². The maximum absolute atomic E-state index is 14.8. The summed E-state index contributed by atoms with van der Waals surface area (Å²) < 4.78 is 31.1. The number of halogens is 2. The number of fused-ring (bicyclic) bond motifs is 1. The maximum atomic E-state index is 14.8. The van der Waals surface area contributed by atoms with Crippen molar-refractivity contribution in [2.45, 2.75) is 57.8 Å². The van der Waals surface area contributed by atoms with Crippen LogP contribution in [0.1, 0.15) is 43.7 Å². The van der Waals surface area contributed by atoms with E-state index in [1.165, 1.54) is 16.8 Å². The van der Waals surface area contributed by atoms with Crippen LogP contribution in [0.4, 0.5) is 20.5 Å². The molecule has 0 atom stereocenters. The summed E-state index contributed by atoms with van der Waals surface area (Å²) in [6.07, 6.45) is 4.46. The SMILES string of the molecule is CCCCN(CCO)c1nc(N)nc2cn(Cc3c(F)cc(CNC4CC(O)C4)cc3F)nc12. The van der Waals surface area contributed by atoms with Gasteiger partial charge in [-0.2, -0.15) is 10.1 Å². The molecule has 34 heavy (non-hydrogen) atoms. The second-order valence-electron chi connectivity index (χ2n) is 8.77. The molecule has 0 unspecified atom stereocenters. The van der Waals surface area contributed by atoms with E-state index in [-0.39, 0.29) is 36.8 Å². The van der Waals surface area contributed by atoms with Crippen LogP contribution in [-0.4, -0.2) is 61.8 Å². The smallest absolute Gasteiger partial charge is 0.222 e. The highest BCUT2D eigenvalue weighted by Crippen LogP contribution is 2.25. The summed E-state index contributed by atoms with van der Waals surface area (Å²) in [6.45, 7) is 3.23. The molecule has 1 saturated carbocycles. The van der Waals surface area contributed by atoms with Crippen LogP contribution in [0.3, 0.4) is 0 Å². The summed E-state index contributed by atoms with van der Waals surface area (Å²) in [6, 6.07) is 2.81. The van der Waals surface area contributed by atoms with E-state index in [9.17, 15) is 19.0 Å². The number of nitrogens with one attached hydrogen (secondary N) is 1. The molecule has 1 aliphatic carbocycles. The van der Waals surface area contributed by atoms with E-state index in [1.54, 1.807) is 6.20 Å². The monoisotopic (exact) mass is 475 g/mol. The molecule has 1 aromatic carbocycles. The fourth-order valence-electron chi connectivity index (χ4n) is 4.14. The standard InChI is InChI=1S/C23H31F2N7O2/c1-2-3-4-31(5-6-33)22-21-20(28-23(26)29-22)13-32(30-21)12-17-18(24)7-14(8-19(17)25)11-27-15-9-16(34)10-15/h7-8,13,15-16,27,33-34H,2-6,9-12H2,1H3,(H2,26,28). The molecule has 2 aromatic heterocycles. The highest BCUT2D eigenvalue weighted by atomic mass is 19.1. The minimum atomic E-state index is -0.652. The highest BCUT2D eigenvalue weighted by molar-refractivity contribution is 5.86. The number of nitrogen functional groups attached to an aromatic ring is 1. The first-order valence-corrected chi connectivity index (χ1v) is 11.6. The number of hydrogen-bond donors (Lipinski definition) is 4. The van der Waals surface area contributed by atoms with Crippen LogP contribution in [-0.2, 0) is 13.1 Å². The van der Waals surface area contributed by atoms with Gasteiger partial charge in [0.25, 0.3) is 0 Å². The number of rotatable bonds is 11. The van der Waals surface area contributed by atoms with Crippen molar-refractivity contribution in [2.24, 2.45) is 0 Å². The Morgan fingerprint density at radius 2 is 1.94 bits per heavy atom. The molecular weight excluding hydrogens is 444 g/mol. The first-order chi connectivity index (χ1) is 16.4. The summed E-state index contributed by atoms with van der Waals surface area (Å²) in [7, 11) is 0. The number of unbranched alkanes of at least 4 members (excludes halogenated alkanes) is 1. The van der Waals surface area contributed by atoms with E-state index in [0.29, 0.717) is 54.9 Å². The first-order valence-electron chi connectivity index (χ1n) is 11.6. The van der Waals surface area contributed by atoms with Gasteiger partial charge in [0.1, 0.15) is 17.2 Å². The molecule has 0 saturated heterocycles. The number of hydrogen-bond acceptors (Lipinski definition) is 8. The number of benzene rings is 1. The molecule has 9 nitrogen and oxygen atoms in total. The van der Waals surface area contributed by atoms with Gasteiger partial charge in [-0.05, 0) is 37.0 Å². The van der Waals surface area contributed by atoms with Gasteiger partial charge in [0, 0.05) is 31.2 Å². The van der Waals surface area contributed by atoms with Gasteiger partial charge in [0.2, 0.25) is 5.95 Å². The van der Waals surface area contributed by atoms with Crippen LogP contribution in [0.25, 0.3) is 11.0 Å². The number of aliphatic hydroxyl groups is 2. The summed E-state index contributed by atoms with van der Waals surface area (Å²) >= 11 is 0. The Balaban J connectivity index is 1.56. The van der Waals surface area contributed by atoms with E-state index in [2.05, 4.69) is 27.3 Å². The second-order valence-corrected chi connectivity index (χ2v) is 8.77. The van der Waals surface area contributed by atoms with Gasteiger partial charge in [0.05, 0.1) is 25.5 Å². The fourth-order valence-corrected chi connectivity index (χ4v) is 4.14. The van der Waals surface area contributed by atoms with Crippen molar-refractivity contribution < 1.29 is 19.0 Å². The minimum Gasteiger partial charge on any atom is -0.395 e. The van der Waals surface area contributed by atoms with Gasteiger partial charge in [-0.25, -0.2) is 13.8 Å². The van der Waals surface area contributed by atoms with Crippen LogP contribution >= 0.6 is 0 Å². The third kappa shape index (κ3) is 5.43. The number of nitrogens with zero attached hydrogens (tertiary/aromatic N) is 5. The summed E-state index contributed by atoms with van der Waals surface area (Å²) in [5.74, 6) is -0.747. The molecular formula is C23H31F2N7O2. The summed E-state index contributed by atoms with van der Waals surface area (Å²) in [5.41, 5.74) is 7.22. The van der Waals surface area contributed by atoms with E-state index in [1.807, 2.05) is 4.90 Å². The average Bonchev–Trinajstić information content (AvgIpc) is 3.17. The second kappa shape index (κ2) is 10.6. The molecule has 0 spiro atoms. The predicted molar refractivity (Wildman–Crippen MR) is 125 cm³/mol. The highest BCUT2D eigenvalue weighted by Gasteiger charge is 2.26. The van der Waals surface area contributed by atoms with Gasteiger partial charge >= 0.3 is 0 Å². The van der Waals surface area contributed by atoms with Crippen molar-refractivity contribution in [1.29, 1.82) is 0 Å². The van der Waals surface area contributed by atoms with Crippen LogP contribution in [0.5, 0.6) is 0 Å². The van der Waals surface area contributed by atoms with Gasteiger partial charge in [-0.1, -0.05) is 13.3 Å². The normalized spacial score (nSPS) is 17.8. The average molecular weight is 476 g/mol. The van der Waals surface area contributed by atoms with E-state index < -0.39 is 11.6 Å². The molecule has 0 radical (unpaired) electrons. The van der Waals surface area contributed by atoms with Crippen LogP contribution in [0.2, 0.25) is 0 Å². The number of aromatic nitrogens is 4. The number of nitrogens with two attached hydrogens (primary N) is 1. The molecule has 5 N–H and O–H groups in total. The van der Waals surface area contributed by atoms with E-state index in [0.717, 1.165) is 12.8 Å². The van der Waals surface area contributed by atoms with Crippen LogP contribution < -0.4 is 16.0 Å². The lowest BCUT2D eigenvalue weighted by Crippen LogP contribution is -2.43. The molecule has 0 aliphatic heterocycles. The van der Waals surface area contributed by atoms with Gasteiger partial charge in [-0.15, -0.1) is 0 Å². The molecule has 0 amide bonds. The molecule has 1 fully saturated rings. The van der Waals surface area contributed by atoms with Gasteiger partial charge in [-0.3, -0.25) is 4.68 Å². The Morgan fingerprint density at radius 1 is 1.21 bits per heavy atom. The third-order valence-electron chi connectivity index (χ3n) is 6.09. The molecule has 1 aliphatic rings. The predicted octanol–water partition coefficient (Wildman–Crippen LogP) is 1.95. The quantitative estimate of drug-likeness (QED) is 0.332. The lowest BCUT2D eigenvalue weighted by atomic mass is 9.89. The zero-order valence-electron chi connectivity index (χ0n) is 19.2. The zero-order chi connectivity index (χ0) is 24.2. The maximum Gasteiger partial charge on any atom is 0.222 e. The van der Waals surface area contributed by atoms with Crippen molar-refractivity contribution in [3.8, 4) is 0 Å². The van der Waals surface area contributed by atoms with Gasteiger partial charge < -0.3 is 26.2 Å². The van der Waals surface area contributed by atoms with E-state index in [4.69, 9.17) is 5.73 Å². The van der Waals surface area contributed by atoms with Crippen molar-refractivity contribution in [1.82, 2.24) is 25.1 Å². The Kier molecular flexibility index (Phi) is 7.54. The first kappa shape index (κ1) is 24.2. The number of aliphatic hydroxyl groups excluding tert-OH is 2. The minimum absolute atomic E-state index is 0.0607. The topological polar surface area (TPSA) is 125 Å². The van der Waals surface area contributed by atoms with Crippen molar-refractivity contribution in [3.63, 3.8) is 0 Å². The Labute approximate surface area is 196 Å². The largest absolute Gasteiger partial charge is 0.395 e. The molecule has 184 valence electrons. The lowest BCUT2D eigenvalue weighted by molar-refractivity contribution is 0.0619.